The van der Waals surface area contributed by atoms with Gasteiger partial charge in [-0.1, -0.05) is 60.7 Å². The summed E-state index contributed by atoms with van der Waals surface area (Å²) in [7, 11) is 0. The number of hydrogen-bond donors (Lipinski definition) is 2. The largest absolute Gasteiger partial charge is 0.491 e. The van der Waals surface area contributed by atoms with Crippen molar-refractivity contribution in [2.24, 2.45) is 0 Å². The van der Waals surface area contributed by atoms with Gasteiger partial charge in [-0.15, -0.1) is 0 Å². The number of aliphatic hydroxyl groups excluding tert-OH is 2. The van der Waals surface area contributed by atoms with E-state index in [-0.39, 0.29) is 26.4 Å². The Balaban J connectivity index is 1.59. The highest BCUT2D eigenvalue weighted by molar-refractivity contribution is 6.28. The maximum absolute atomic E-state index is 9.23. The molecule has 0 amide bonds. The summed E-state index contributed by atoms with van der Waals surface area (Å²) < 4.78 is 13.8. The molecule has 0 bridgehead atoms. The third kappa shape index (κ3) is 3.92. The molecule has 0 aliphatic carbocycles. The molecular weight excluding hydrogens is 450 g/mol. The highest BCUT2D eigenvalue weighted by Gasteiger charge is 2.17. The number of benzene rings is 5. The normalized spacial score (nSPS) is 11.6. The molecule has 5 aromatic carbocycles. The van der Waals surface area contributed by atoms with E-state index in [2.05, 4.69) is 77.4 Å². The van der Waals surface area contributed by atoms with Crippen molar-refractivity contribution in [2.75, 3.05) is 26.4 Å². The average molecular weight is 478 g/mol. The van der Waals surface area contributed by atoms with Crippen LogP contribution in [0.1, 0.15) is 5.56 Å². The number of aliphatic hydroxyl groups is 2. The number of hydrogen-bond acceptors (Lipinski definition) is 4. The summed E-state index contributed by atoms with van der Waals surface area (Å²) in [6.45, 7) is 0.892. The Labute approximate surface area is 208 Å². The summed E-state index contributed by atoms with van der Waals surface area (Å²) in [5.41, 5.74) is 3.35. The molecule has 0 saturated carbocycles. The van der Waals surface area contributed by atoms with E-state index in [1.165, 1.54) is 43.4 Å². The van der Waals surface area contributed by atoms with Crippen LogP contribution in [0.5, 0.6) is 11.5 Å². The van der Waals surface area contributed by atoms with E-state index in [1.807, 2.05) is 12.1 Å². The second kappa shape index (κ2) is 9.53. The predicted octanol–water partition coefficient (Wildman–Crippen LogP) is 5.89. The SMILES string of the molecule is OCCOc1cc(Cn2c3ccc4ccccc4c3c3c4ccccc4ccc32)cc(OCCO)c1. The second-order valence-electron chi connectivity index (χ2n) is 8.90. The van der Waals surface area contributed by atoms with Gasteiger partial charge in [-0.25, -0.2) is 0 Å². The molecule has 5 nitrogen and oxygen atoms in total. The van der Waals surface area contributed by atoms with Crippen LogP contribution in [0.15, 0.2) is 91.0 Å². The minimum Gasteiger partial charge on any atom is -0.491 e. The maximum Gasteiger partial charge on any atom is 0.123 e. The highest BCUT2D eigenvalue weighted by Crippen LogP contribution is 2.39. The number of ether oxygens (including phenoxy) is 2. The van der Waals surface area contributed by atoms with Crippen LogP contribution in [0.2, 0.25) is 0 Å². The summed E-state index contributed by atoms with van der Waals surface area (Å²) in [6, 6.07) is 31.7. The third-order valence-corrected chi connectivity index (χ3v) is 6.65. The van der Waals surface area contributed by atoms with Gasteiger partial charge in [0.25, 0.3) is 0 Å². The van der Waals surface area contributed by atoms with Gasteiger partial charge >= 0.3 is 0 Å². The average Bonchev–Trinajstić information content (AvgIpc) is 3.25. The van der Waals surface area contributed by atoms with Crippen LogP contribution >= 0.6 is 0 Å². The van der Waals surface area contributed by atoms with Crippen LogP contribution in [-0.2, 0) is 6.54 Å². The van der Waals surface area contributed by atoms with Crippen molar-refractivity contribution in [3.8, 4) is 11.5 Å². The molecule has 2 N–H and O–H groups in total. The molecule has 0 unspecified atom stereocenters. The molecule has 0 saturated heterocycles. The smallest absolute Gasteiger partial charge is 0.123 e. The van der Waals surface area contributed by atoms with Crippen molar-refractivity contribution < 1.29 is 19.7 Å². The van der Waals surface area contributed by atoms with Crippen molar-refractivity contribution >= 4 is 43.4 Å². The van der Waals surface area contributed by atoms with Gasteiger partial charge in [0.2, 0.25) is 0 Å². The van der Waals surface area contributed by atoms with Gasteiger partial charge in [-0.3, -0.25) is 0 Å². The Morgan fingerprint density at radius 1 is 0.583 bits per heavy atom. The molecule has 1 heterocycles. The number of aromatic nitrogens is 1. The van der Waals surface area contributed by atoms with Gasteiger partial charge < -0.3 is 24.3 Å². The molecule has 6 aromatic rings. The molecule has 36 heavy (non-hydrogen) atoms. The quantitative estimate of drug-likeness (QED) is 0.287. The fourth-order valence-corrected chi connectivity index (χ4v) is 5.19. The van der Waals surface area contributed by atoms with E-state index < -0.39 is 0 Å². The van der Waals surface area contributed by atoms with Crippen LogP contribution in [0.3, 0.4) is 0 Å². The van der Waals surface area contributed by atoms with Crippen LogP contribution in [0.4, 0.5) is 0 Å². The number of rotatable bonds is 8. The molecular formula is C31H27NO4. The lowest BCUT2D eigenvalue weighted by Crippen LogP contribution is -2.06. The first-order valence-electron chi connectivity index (χ1n) is 12.2. The van der Waals surface area contributed by atoms with E-state index >= 15 is 0 Å². The fourth-order valence-electron chi connectivity index (χ4n) is 5.19. The van der Waals surface area contributed by atoms with Gasteiger partial charge in [0.15, 0.2) is 0 Å². The van der Waals surface area contributed by atoms with Crippen LogP contribution in [-0.4, -0.2) is 41.2 Å². The first kappa shape index (κ1) is 22.4. The molecule has 5 heteroatoms. The van der Waals surface area contributed by atoms with E-state index in [0.29, 0.717) is 18.0 Å². The zero-order valence-corrected chi connectivity index (χ0v) is 19.9. The predicted molar refractivity (Wildman–Crippen MR) is 145 cm³/mol. The van der Waals surface area contributed by atoms with Crippen molar-refractivity contribution in [1.29, 1.82) is 0 Å². The lowest BCUT2D eigenvalue weighted by molar-refractivity contribution is 0.194. The molecule has 0 radical (unpaired) electrons. The van der Waals surface area contributed by atoms with Gasteiger partial charge in [0.1, 0.15) is 24.7 Å². The third-order valence-electron chi connectivity index (χ3n) is 6.65. The van der Waals surface area contributed by atoms with Crippen LogP contribution in [0.25, 0.3) is 43.4 Å². The van der Waals surface area contributed by atoms with Gasteiger partial charge in [0, 0.05) is 23.4 Å². The van der Waals surface area contributed by atoms with Gasteiger partial charge in [-0.05, 0) is 51.4 Å². The number of nitrogens with zero attached hydrogens (tertiary/aromatic N) is 1. The summed E-state index contributed by atoms with van der Waals surface area (Å²) in [5, 5.41) is 25.9. The molecule has 0 spiro atoms. The molecule has 180 valence electrons. The Hall–Kier alpha value is -4.06. The Bertz CT molecular complexity index is 1580. The summed E-state index contributed by atoms with van der Waals surface area (Å²) in [5.74, 6) is 1.26. The molecule has 6 rings (SSSR count). The minimum absolute atomic E-state index is 0.0654. The van der Waals surface area contributed by atoms with E-state index in [1.54, 1.807) is 6.07 Å². The highest BCUT2D eigenvalue weighted by atomic mass is 16.5. The Morgan fingerprint density at radius 3 is 1.58 bits per heavy atom. The van der Waals surface area contributed by atoms with E-state index in [4.69, 9.17) is 9.47 Å². The second-order valence-corrected chi connectivity index (χ2v) is 8.90. The standard InChI is InChI=1S/C31H27NO4/c33-13-15-35-24-17-21(18-25(19-24)36-16-14-34)20-32-28-11-9-22-5-1-3-7-26(22)30(28)31-27-8-4-2-6-23(27)10-12-29(31)32/h1-12,17-19,33-34H,13-16,20H2. The Morgan fingerprint density at radius 2 is 1.08 bits per heavy atom. The Kier molecular flexibility index (Phi) is 5.93. The van der Waals surface area contributed by atoms with Crippen molar-refractivity contribution in [1.82, 2.24) is 4.57 Å². The molecule has 0 fully saturated rings. The summed E-state index contributed by atoms with van der Waals surface area (Å²) in [4.78, 5) is 0. The van der Waals surface area contributed by atoms with Gasteiger partial charge in [0.05, 0.1) is 24.2 Å². The zero-order valence-electron chi connectivity index (χ0n) is 19.9. The van der Waals surface area contributed by atoms with Crippen molar-refractivity contribution in [3.05, 3.63) is 96.6 Å². The minimum atomic E-state index is -0.0654. The van der Waals surface area contributed by atoms with E-state index in [0.717, 1.165) is 5.56 Å². The lowest BCUT2D eigenvalue weighted by Gasteiger charge is -2.14. The molecule has 1 aromatic heterocycles. The molecule has 0 aliphatic heterocycles. The van der Waals surface area contributed by atoms with Crippen LogP contribution in [0, 0.1) is 0 Å². The molecule has 0 atom stereocenters. The zero-order chi connectivity index (χ0) is 24.5. The molecule has 0 aliphatic rings. The van der Waals surface area contributed by atoms with E-state index in [9.17, 15) is 10.2 Å². The topological polar surface area (TPSA) is 63.9 Å². The van der Waals surface area contributed by atoms with Gasteiger partial charge in [-0.2, -0.15) is 0 Å². The number of fused-ring (bicyclic) bond motifs is 7. The maximum atomic E-state index is 9.23. The van der Waals surface area contributed by atoms with Crippen molar-refractivity contribution in [2.45, 2.75) is 6.54 Å². The van der Waals surface area contributed by atoms with Crippen LogP contribution < -0.4 is 9.47 Å². The first-order chi connectivity index (χ1) is 17.8. The summed E-state index contributed by atoms with van der Waals surface area (Å²) >= 11 is 0. The first-order valence-corrected chi connectivity index (χ1v) is 12.2. The van der Waals surface area contributed by atoms with Crippen molar-refractivity contribution in [3.63, 3.8) is 0 Å². The lowest BCUT2D eigenvalue weighted by atomic mass is 10.00. The monoisotopic (exact) mass is 477 g/mol. The fraction of sp³-hybridized carbons (Fsp3) is 0.161. The summed E-state index contributed by atoms with van der Waals surface area (Å²) in [6.07, 6.45) is 0.